The Hall–Kier alpha value is -0.300. The summed E-state index contributed by atoms with van der Waals surface area (Å²) in [5, 5.41) is 10.9. The van der Waals surface area contributed by atoms with Gasteiger partial charge >= 0.3 is 0 Å². The van der Waals surface area contributed by atoms with E-state index in [9.17, 15) is 5.11 Å². The molecule has 0 saturated heterocycles. The zero-order valence-corrected chi connectivity index (χ0v) is 13.4. The first-order valence-corrected chi connectivity index (χ1v) is 8.73. The molecule has 0 aromatic heterocycles. The van der Waals surface area contributed by atoms with Crippen molar-refractivity contribution < 1.29 is 5.11 Å². The highest BCUT2D eigenvalue weighted by Crippen LogP contribution is 2.70. The van der Waals surface area contributed by atoms with Gasteiger partial charge in [-0.2, -0.15) is 0 Å². The van der Waals surface area contributed by atoms with Gasteiger partial charge < -0.3 is 5.11 Å². The molecule has 1 N–H and O–H groups in total. The summed E-state index contributed by atoms with van der Waals surface area (Å²) in [6.45, 7) is 7.09. The molecular formula is C19H30O. The highest BCUT2D eigenvalue weighted by Gasteiger charge is 2.63. The second kappa shape index (κ2) is 3.72. The van der Waals surface area contributed by atoms with E-state index in [4.69, 9.17) is 0 Å². The Morgan fingerprint density at radius 2 is 1.65 bits per heavy atom. The van der Waals surface area contributed by atoms with Gasteiger partial charge in [0.05, 0.1) is 5.60 Å². The molecule has 3 fully saturated rings. The Morgan fingerprint density at radius 3 is 2.45 bits per heavy atom. The average molecular weight is 274 g/mol. The van der Waals surface area contributed by atoms with Gasteiger partial charge in [0.25, 0.3) is 0 Å². The number of fused-ring (bicyclic) bond motifs is 3. The van der Waals surface area contributed by atoms with Crippen LogP contribution in [-0.2, 0) is 0 Å². The first-order valence-electron chi connectivity index (χ1n) is 8.73. The first-order chi connectivity index (χ1) is 9.30. The molecule has 2 bridgehead atoms. The van der Waals surface area contributed by atoms with Gasteiger partial charge in [-0.25, -0.2) is 0 Å². The Balaban J connectivity index is 1.75. The van der Waals surface area contributed by atoms with Crippen LogP contribution in [0, 0.1) is 28.1 Å². The molecule has 112 valence electrons. The summed E-state index contributed by atoms with van der Waals surface area (Å²) in [4.78, 5) is 0. The van der Waals surface area contributed by atoms with Crippen molar-refractivity contribution >= 4 is 0 Å². The van der Waals surface area contributed by atoms with Crippen molar-refractivity contribution in [1.82, 2.24) is 0 Å². The van der Waals surface area contributed by atoms with Crippen molar-refractivity contribution in [3.8, 4) is 0 Å². The zero-order valence-electron chi connectivity index (χ0n) is 13.4. The van der Waals surface area contributed by atoms with Crippen molar-refractivity contribution in [2.45, 2.75) is 77.7 Å². The SMILES string of the molecule is CC12C=CC3(CCC4C(C)(O)CCCC4(C)C3CC1)C2. The smallest absolute Gasteiger partial charge is 0.0653 e. The molecule has 6 unspecified atom stereocenters. The summed E-state index contributed by atoms with van der Waals surface area (Å²) >= 11 is 0. The minimum absolute atomic E-state index is 0.371. The van der Waals surface area contributed by atoms with Gasteiger partial charge in [-0.1, -0.05) is 32.4 Å². The molecule has 0 aromatic rings. The van der Waals surface area contributed by atoms with Crippen LogP contribution in [0.25, 0.3) is 0 Å². The van der Waals surface area contributed by atoms with E-state index >= 15 is 0 Å². The van der Waals surface area contributed by atoms with E-state index in [1.54, 1.807) is 0 Å². The van der Waals surface area contributed by atoms with E-state index in [0.717, 1.165) is 12.3 Å². The standard InChI is InChI=1S/C19H30O/c1-16-9-5-15-17(2)7-4-8-18(3,20)14(17)6-10-19(15,13-16)12-11-16/h11-12,14-15,20H,4-10,13H2,1-3H3. The second-order valence-corrected chi connectivity index (χ2v) is 9.30. The molecule has 3 saturated carbocycles. The summed E-state index contributed by atoms with van der Waals surface area (Å²) in [7, 11) is 0. The van der Waals surface area contributed by atoms with E-state index in [1.807, 2.05) is 0 Å². The number of aliphatic hydroxyl groups is 1. The molecule has 0 aliphatic heterocycles. The quantitative estimate of drug-likeness (QED) is 0.635. The van der Waals surface area contributed by atoms with Crippen LogP contribution in [0.4, 0.5) is 0 Å². The van der Waals surface area contributed by atoms with Crippen LogP contribution in [0.3, 0.4) is 0 Å². The molecule has 0 aromatic carbocycles. The summed E-state index contributed by atoms with van der Waals surface area (Å²) < 4.78 is 0. The first kappa shape index (κ1) is 13.4. The number of allylic oxidation sites excluding steroid dienone is 2. The lowest BCUT2D eigenvalue weighted by Crippen LogP contribution is -2.59. The zero-order chi connectivity index (χ0) is 14.2. The van der Waals surface area contributed by atoms with Crippen molar-refractivity contribution in [1.29, 1.82) is 0 Å². The lowest BCUT2D eigenvalue weighted by atomic mass is 9.42. The average Bonchev–Trinajstić information content (AvgIpc) is 2.58. The Kier molecular flexibility index (Phi) is 2.48. The van der Waals surface area contributed by atoms with Crippen molar-refractivity contribution in [2.75, 3.05) is 0 Å². The fraction of sp³-hybridized carbons (Fsp3) is 0.895. The highest BCUT2D eigenvalue weighted by molar-refractivity contribution is 5.25. The lowest BCUT2D eigenvalue weighted by molar-refractivity contribution is -0.176. The molecule has 6 atom stereocenters. The van der Waals surface area contributed by atoms with Gasteiger partial charge in [-0.3, -0.25) is 0 Å². The molecule has 0 radical (unpaired) electrons. The van der Waals surface area contributed by atoms with E-state index in [-0.39, 0.29) is 0 Å². The Bertz CT molecular complexity index is 464. The van der Waals surface area contributed by atoms with Crippen molar-refractivity contribution in [3.63, 3.8) is 0 Å². The van der Waals surface area contributed by atoms with Crippen LogP contribution in [0.2, 0.25) is 0 Å². The van der Waals surface area contributed by atoms with Gasteiger partial charge in [0.2, 0.25) is 0 Å². The molecule has 0 amide bonds. The largest absolute Gasteiger partial charge is 0.390 e. The summed E-state index contributed by atoms with van der Waals surface area (Å²) in [5.41, 5.74) is 0.913. The minimum atomic E-state index is -0.419. The van der Waals surface area contributed by atoms with Crippen molar-refractivity contribution in [3.05, 3.63) is 12.2 Å². The third-order valence-electron chi connectivity index (χ3n) is 7.89. The minimum Gasteiger partial charge on any atom is -0.390 e. The lowest BCUT2D eigenvalue weighted by Gasteiger charge is -2.63. The summed E-state index contributed by atoms with van der Waals surface area (Å²) in [6.07, 6.45) is 15.4. The number of hydrogen-bond acceptors (Lipinski definition) is 1. The molecule has 4 rings (SSSR count). The van der Waals surface area contributed by atoms with Crippen LogP contribution in [0.15, 0.2) is 12.2 Å². The van der Waals surface area contributed by atoms with E-state index in [1.165, 1.54) is 44.9 Å². The van der Waals surface area contributed by atoms with Crippen LogP contribution in [0.1, 0.15) is 72.1 Å². The molecule has 0 heterocycles. The fourth-order valence-electron chi connectivity index (χ4n) is 7.10. The van der Waals surface area contributed by atoms with Gasteiger partial charge in [-0.05, 0) is 80.0 Å². The summed E-state index contributed by atoms with van der Waals surface area (Å²) in [6, 6.07) is 0. The molecular weight excluding hydrogens is 244 g/mol. The van der Waals surface area contributed by atoms with Gasteiger partial charge in [0.1, 0.15) is 0 Å². The van der Waals surface area contributed by atoms with Crippen LogP contribution < -0.4 is 0 Å². The van der Waals surface area contributed by atoms with Gasteiger partial charge in [0.15, 0.2) is 0 Å². The molecule has 20 heavy (non-hydrogen) atoms. The van der Waals surface area contributed by atoms with Crippen molar-refractivity contribution in [2.24, 2.45) is 28.1 Å². The maximum Gasteiger partial charge on any atom is 0.0653 e. The van der Waals surface area contributed by atoms with E-state index in [2.05, 4.69) is 32.9 Å². The molecule has 1 nitrogen and oxygen atoms in total. The monoisotopic (exact) mass is 274 g/mol. The summed E-state index contributed by atoms with van der Waals surface area (Å²) in [5.74, 6) is 1.34. The maximum atomic E-state index is 10.9. The third kappa shape index (κ3) is 1.54. The maximum absolute atomic E-state index is 10.9. The Morgan fingerprint density at radius 1 is 0.900 bits per heavy atom. The van der Waals surface area contributed by atoms with Gasteiger partial charge in [-0.15, -0.1) is 0 Å². The van der Waals surface area contributed by atoms with Crippen LogP contribution in [0.5, 0.6) is 0 Å². The van der Waals surface area contributed by atoms with E-state index in [0.29, 0.717) is 22.2 Å². The molecule has 4 aliphatic carbocycles. The second-order valence-electron chi connectivity index (χ2n) is 9.30. The van der Waals surface area contributed by atoms with Crippen LogP contribution >= 0.6 is 0 Å². The predicted octanol–water partition coefficient (Wildman–Crippen LogP) is 4.70. The molecule has 1 heteroatoms. The molecule has 4 aliphatic rings. The normalized spacial score (nSPS) is 61.0. The Labute approximate surface area is 123 Å². The fourth-order valence-corrected chi connectivity index (χ4v) is 7.10. The third-order valence-corrected chi connectivity index (χ3v) is 7.89. The van der Waals surface area contributed by atoms with E-state index < -0.39 is 5.60 Å². The van der Waals surface area contributed by atoms with Gasteiger partial charge in [0, 0.05) is 0 Å². The molecule has 1 spiro atoms. The number of hydrogen-bond donors (Lipinski definition) is 1. The predicted molar refractivity (Wildman–Crippen MR) is 82.3 cm³/mol. The topological polar surface area (TPSA) is 20.2 Å². The number of rotatable bonds is 0. The highest BCUT2D eigenvalue weighted by atomic mass is 16.3. The van der Waals surface area contributed by atoms with Crippen LogP contribution in [-0.4, -0.2) is 10.7 Å².